The van der Waals surface area contributed by atoms with E-state index < -0.39 is 97.7 Å². The fourth-order valence-electron chi connectivity index (χ4n) is 4.83. The number of phenols is 3. The molecule has 224 valence electrons. The third-order valence-corrected chi connectivity index (χ3v) is 7.28. The Morgan fingerprint density at radius 3 is 2.32 bits per heavy atom. The molecule has 0 spiro atoms. The minimum atomic E-state index is -1.97. The summed E-state index contributed by atoms with van der Waals surface area (Å²) >= 11 is 0. The van der Waals surface area contributed by atoms with Crippen LogP contribution in [0.4, 0.5) is 0 Å². The lowest BCUT2D eigenvalue weighted by Gasteiger charge is -2.40. The highest BCUT2D eigenvalue weighted by Crippen LogP contribution is 2.50. The van der Waals surface area contributed by atoms with E-state index in [-0.39, 0.29) is 23.5 Å². The Kier molecular flexibility index (Phi) is 7.99. The molecule has 0 amide bonds. The predicted molar refractivity (Wildman–Crippen MR) is 131 cm³/mol. The van der Waals surface area contributed by atoms with Crippen LogP contribution in [-0.4, -0.2) is 120 Å². The first-order valence-electron chi connectivity index (χ1n) is 12.6. The van der Waals surface area contributed by atoms with E-state index in [9.17, 15) is 50.8 Å². The first kappa shape index (κ1) is 29.2. The zero-order valence-corrected chi connectivity index (χ0v) is 21.3. The van der Waals surface area contributed by atoms with Crippen LogP contribution in [0.1, 0.15) is 28.4 Å². The van der Waals surface area contributed by atoms with Gasteiger partial charge in [-0.05, 0) is 17.7 Å². The quantitative estimate of drug-likeness (QED) is 0.174. The third kappa shape index (κ3) is 5.39. The van der Waals surface area contributed by atoms with Gasteiger partial charge in [0, 0.05) is 6.07 Å². The van der Waals surface area contributed by atoms with Crippen molar-refractivity contribution in [2.24, 2.45) is 0 Å². The van der Waals surface area contributed by atoms with E-state index in [4.69, 9.17) is 23.7 Å². The Labute approximate surface area is 231 Å². The minimum absolute atomic E-state index is 0.0172. The van der Waals surface area contributed by atoms with Gasteiger partial charge in [0.2, 0.25) is 12.0 Å². The Bertz CT molecular complexity index is 1270. The number of fused-ring (bicyclic) bond motifs is 1. The second-order valence-corrected chi connectivity index (χ2v) is 10.1. The van der Waals surface area contributed by atoms with Gasteiger partial charge in [0.1, 0.15) is 59.3 Å². The Balaban J connectivity index is 1.37. The van der Waals surface area contributed by atoms with Crippen LogP contribution < -0.4 is 9.47 Å². The number of benzene rings is 2. The average Bonchev–Trinajstić information content (AvgIpc) is 3.23. The molecule has 0 aliphatic carbocycles. The number of aliphatic hydroxyl groups excluding tert-OH is 5. The topological polar surface area (TPSA) is 245 Å². The number of rotatable bonds is 7. The molecule has 2 saturated heterocycles. The first-order chi connectivity index (χ1) is 19.4. The van der Waals surface area contributed by atoms with Gasteiger partial charge in [-0.1, -0.05) is 12.1 Å². The number of aliphatic hydroxyl groups is 6. The number of aromatic hydroxyl groups is 3. The molecule has 5 rings (SSSR count). The largest absolute Gasteiger partial charge is 0.508 e. The number of carbonyl (C=O) groups excluding carboxylic acids is 1. The summed E-state index contributed by atoms with van der Waals surface area (Å²) < 4.78 is 27.7. The highest BCUT2D eigenvalue weighted by molar-refractivity contribution is 6.03. The SMILES string of the molecule is O=C1C[C@H](c2ccc(O)cc2)Oc2c(O[C@@H]3O[C@H](CO[C@@H]4OC[C@](O)(CO)[C@H]4O)[C@@H](O)[C@H](O)[C@H]3O)c(O)cc(O)c21. The number of ether oxygens (including phenoxy) is 5. The summed E-state index contributed by atoms with van der Waals surface area (Å²) in [4.78, 5) is 13.0. The zero-order chi connectivity index (χ0) is 29.6. The van der Waals surface area contributed by atoms with Crippen LogP contribution in [0.15, 0.2) is 30.3 Å². The molecule has 2 fully saturated rings. The summed E-state index contributed by atoms with van der Waals surface area (Å²) in [5.74, 6) is -2.75. The number of hydrogen-bond donors (Lipinski definition) is 9. The fraction of sp³-hybridized carbons (Fsp3) is 0.500. The molecule has 9 N–H and O–H groups in total. The molecule has 0 radical (unpaired) electrons. The Hall–Kier alpha value is -3.25. The van der Waals surface area contributed by atoms with Crippen LogP contribution in [0.5, 0.6) is 28.7 Å². The second kappa shape index (κ2) is 11.2. The van der Waals surface area contributed by atoms with Crippen LogP contribution in [0.25, 0.3) is 0 Å². The van der Waals surface area contributed by atoms with Gasteiger partial charge in [-0.25, -0.2) is 0 Å². The number of Topliss-reactive ketones (excluding diaryl/α,β-unsaturated/α-hetero) is 1. The second-order valence-electron chi connectivity index (χ2n) is 10.1. The molecule has 2 aromatic rings. The molecule has 0 bridgehead atoms. The summed E-state index contributed by atoms with van der Waals surface area (Å²) in [6, 6.07) is 6.64. The van der Waals surface area contributed by atoms with Gasteiger partial charge in [-0.3, -0.25) is 4.79 Å². The van der Waals surface area contributed by atoms with Crippen molar-refractivity contribution < 1.29 is 74.4 Å². The van der Waals surface area contributed by atoms with Crippen LogP contribution in [0, 0.1) is 0 Å². The molecule has 15 heteroatoms. The third-order valence-electron chi connectivity index (χ3n) is 7.28. The maximum Gasteiger partial charge on any atom is 0.229 e. The van der Waals surface area contributed by atoms with E-state index in [1.54, 1.807) is 0 Å². The van der Waals surface area contributed by atoms with Crippen molar-refractivity contribution in [3.05, 3.63) is 41.5 Å². The van der Waals surface area contributed by atoms with Gasteiger partial charge in [-0.15, -0.1) is 0 Å². The number of ketones is 1. The van der Waals surface area contributed by atoms with Crippen LogP contribution in [0.3, 0.4) is 0 Å². The molecule has 3 aliphatic heterocycles. The standard InChI is InChI=1S/C26H30O15/c27-8-26(36)9-38-25(23(26)35)37-7-16-18(32)19(33)20(34)24(40-16)41-21-14(31)5-12(29)17-13(30)6-15(39-22(17)21)10-1-3-11(28)4-2-10/h1-5,15-16,18-20,23-25,27-29,31-36H,6-9H2/t15-,16-,18-,19+,20-,23+,24+,25-,26-/m1/s1. The molecule has 0 saturated carbocycles. The highest BCUT2D eigenvalue weighted by Gasteiger charge is 2.50. The van der Waals surface area contributed by atoms with E-state index in [0.29, 0.717) is 5.56 Å². The Morgan fingerprint density at radius 2 is 1.66 bits per heavy atom. The molecule has 3 heterocycles. The van der Waals surface area contributed by atoms with E-state index in [1.165, 1.54) is 24.3 Å². The fourth-order valence-corrected chi connectivity index (χ4v) is 4.83. The maximum atomic E-state index is 13.0. The first-order valence-corrected chi connectivity index (χ1v) is 12.6. The van der Waals surface area contributed by atoms with E-state index in [0.717, 1.165) is 6.07 Å². The van der Waals surface area contributed by atoms with Gasteiger partial charge in [0.15, 0.2) is 23.6 Å². The minimum Gasteiger partial charge on any atom is -0.508 e. The van der Waals surface area contributed by atoms with Crippen molar-refractivity contribution in [1.82, 2.24) is 0 Å². The molecule has 3 aliphatic rings. The van der Waals surface area contributed by atoms with Crippen molar-refractivity contribution in [3.8, 4) is 28.7 Å². The van der Waals surface area contributed by atoms with Crippen LogP contribution in [0.2, 0.25) is 0 Å². The highest BCUT2D eigenvalue weighted by atomic mass is 16.7. The molecule has 9 atom stereocenters. The van der Waals surface area contributed by atoms with Crippen molar-refractivity contribution in [1.29, 1.82) is 0 Å². The number of phenolic OH excluding ortho intramolecular Hbond substituents is 3. The predicted octanol–water partition coefficient (Wildman–Crippen LogP) is -1.85. The Morgan fingerprint density at radius 1 is 0.951 bits per heavy atom. The van der Waals surface area contributed by atoms with Crippen LogP contribution >= 0.6 is 0 Å². The lowest BCUT2D eigenvalue weighted by molar-refractivity contribution is -0.289. The van der Waals surface area contributed by atoms with Gasteiger partial charge < -0.3 is 69.6 Å². The van der Waals surface area contributed by atoms with Gasteiger partial charge in [0.05, 0.1) is 26.2 Å². The number of hydrogen-bond acceptors (Lipinski definition) is 15. The lowest BCUT2D eigenvalue weighted by atomic mass is 9.95. The zero-order valence-electron chi connectivity index (χ0n) is 21.3. The van der Waals surface area contributed by atoms with Gasteiger partial charge in [0.25, 0.3) is 0 Å². The normalized spacial score (nSPS) is 35.1. The van der Waals surface area contributed by atoms with Crippen molar-refractivity contribution in [2.75, 3.05) is 19.8 Å². The summed E-state index contributed by atoms with van der Waals surface area (Å²) in [6.07, 6.45) is -12.8. The summed E-state index contributed by atoms with van der Waals surface area (Å²) in [5.41, 5.74) is -1.78. The molecule has 15 nitrogen and oxygen atoms in total. The van der Waals surface area contributed by atoms with Crippen molar-refractivity contribution in [2.45, 2.75) is 61.2 Å². The summed E-state index contributed by atoms with van der Waals surface area (Å²) in [5, 5.41) is 91.6. The average molecular weight is 583 g/mol. The molecule has 2 aromatic carbocycles. The van der Waals surface area contributed by atoms with Crippen molar-refractivity contribution >= 4 is 5.78 Å². The van der Waals surface area contributed by atoms with E-state index >= 15 is 0 Å². The monoisotopic (exact) mass is 582 g/mol. The van der Waals surface area contributed by atoms with E-state index in [1.807, 2.05) is 0 Å². The van der Waals surface area contributed by atoms with Crippen LogP contribution in [-0.2, 0) is 14.2 Å². The van der Waals surface area contributed by atoms with Gasteiger partial charge in [-0.2, -0.15) is 0 Å². The smallest absolute Gasteiger partial charge is 0.229 e. The molecule has 0 aromatic heterocycles. The van der Waals surface area contributed by atoms with E-state index in [2.05, 4.69) is 0 Å². The molecule has 41 heavy (non-hydrogen) atoms. The van der Waals surface area contributed by atoms with Crippen molar-refractivity contribution in [3.63, 3.8) is 0 Å². The molecular formula is C26H30O15. The molecule has 0 unspecified atom stereocenters. The van der Waals surface area contributed by atoms with Gasteiger partial charge >= 0.3 is 0 Å². The lowest BCUT2D eigenvalue weighted by Crippen LogP contribution is -2.60. The summed E-state index contributed by atoms with van der Waals surface area (Å²) in [6.45, 7) is -1.80. The summed E-state index contributed by atoms with van der Waals surface area (Å²) in [7, 11) is 0. The molecular weight excluding hydrogens is 552 g/mol. The maximum absolute atomic E-state index is 13.0. The number of carbonyl (C=O) groups is 1.